The third-order valence-electron chi connectivity index (χ3n) is 2.94. The van der Waals surface area contributed by atoms with Gasteiger partial charge in [-0.25, -0.2) is 0 Å². The Balaban J connectivity index is 2.14. The van der Waals surface area contributed by atoms with E-state index in [1.165, 1.54) is 16.7 Å². The largest absolute Gasteiger partial charge is 0.0609 e. The summed E-state index contributed by atoms with van der Waals surface area (Å²) in [6, 6.07) is 17.4. The lowest BCUT2D eigenvalue weighted by atomic mass is 9.99. The van der Waals surface area contributed by atoms with Crippen molar-refractivity contribution in [2.75, 3.05) is 0 Å². The van der Waals surface area contributed by atoms with E-state index >= 15 is 0 Å². The van der Waals surface area contributed by atoms with Crippen LogP contribution in [-0.4, -0.2) is 0 Å². The van der Waals surface area contributed by atoms with Crippen molar-refractivity contribution in [1.29, 1.82) is 0 Å². The lowest BCUT2D eigenvalue weighted by Crippen LogP contribution is -1.91. The minimum Gasteiger partial charge on any atom is -0.0609 e. The molecule has 0 bridgehead atoms. The predicted molar refractivity (Wildman–Crippen MR) is 77.5 cm³/mol. The van der Waals surface area contributed by atoms with Crippen molar-refractivity contribution in [2.24, 2.45) is 0 Å². The van der Waals surface area contributed by atoms with E-state index in [2.05, 4.69) is 78.3 Å². The Bertz CT molecular complexity index is 483. The third-order valence-corrected chi connectivity index (χ3v) is 3.44. The van der Waals surface area contributed by atoms with E-state index in [4.69, 9.17) is 0 Å². The summed E-state index contributed by atoms with van der Waals surface area (Å²) in [6.45, 7) is 4.45. The quantitative estimate of drug-likeness (QED) is 0.731. The highest BCUT2D eigenvalue weighted by Gasteiger charge is 2.00. The Labute approximate surface area is 112 Å². The van der Waals surface area contributed by atoms with Crippen molar-refractivity contribution in [3.05, 3.63) is 69.7 Å². The average molecular weight is 289 g/mol. The van der Waals surface area contributed by atoms with Gasteiger partial charge in [0.05, 0.1) is 0 Å². The van der Waals surface area contributed by atoms with Crippen molar-refractivity contribution in [2.45, 2.75) is 26.2 Å². The standard InChI is InChI=1S/C16H17Br/c1-12(2)15-8-6-13(7-9-15)10-14-4-3-5-16(17)11-14/h3-9,11-12H,10H2,1-2H3. The van der Waals surface area contributed by atoms with Crippen LogP contribution in [0.2, 0.25) is 0 Å². The van der Waals surface area contributed by atoms with E-state index in [0.29, 0.717) is 5.92 Å². The van der Waals surface area contributed by atoms with Gasteiger partial charge in [0.25, 0.3) is 0 Å². The lowest BCUT2D eigenvalue weighted by molar-refractivity contribution is 0.865. The van der Waals surface area contributed by atoms with Gasteiger partial charge in [0.15, 0.2) is 0 Å². The van der Waals surface area contributed by atoms with Crippen LogP contribution in [0.4, 0.5) is 0 Å². The first kappa shape index (κ1) is 12.4. The zero-order valence-corrected chi connectivity index (χ0v) is 11.9. The number of benzene rings is 2. The lowest BCUT2D eigenvalue weighted by Gasteiger charge is -2.07. The van der Waals surface area contributed by atoms with Gasteiger partial charge in [0, 0.05) is 4.47 Å². The third kappa shape index (κ3) is 3.44. The second-order valence-corrected chi connectivity index (χ2v) is 5.62. The minimum atomic E-state index is 0.606. The van der Waals surface area contributed by atoms with Gasteiger partial charge in [-0.05, 0) is 41.2 Å². The Morgan fingerprint density at radius 1 is 0.941 bits per heavy atom. The van der Waals surface area contributed by atoms with Gasteiger partial charge in [0.2, 0.25) is 0 Å². The van der Waals surface area contributed by atoms with Crippen LogP contribution in [-0.2, 0) is 6.42 Å². The van der Waals surface area contributed by atoms with Gasteiger partial charge in [-0.15, -0.1) is 0 Å². The van der Waals surface area contributed by atoms with E-state index in [1.54, 1.807) is 0 Å². The van der Waals surface area contributed by atoms with Crippen LogP contribution in [0.25, 0.3) is 0 Å². The number of hydrogen-bond donors (Lipinski definition) is 0. The van der Waals surface area contributed by atoms with Gasteiger partial charge < -0.3 is 0 Å². The van der Waals surface area contributed by atoms with Crippen LogP contribution < -0.4 is 0 Å². The molecule has 0 aliphatic heterocycles. The maximum Gasteiger partial charge on any atom is 0.0178 e. The first-order valence-corrected chi connectivity index (χ1v) is 6.78. The summed E-state index contributed by atoms with van der Waals surface area (Å²) in [6.07, 6.45) is 0.998. The topological polar surface area (TPSA) is 0 Å². The average Bonchev–Trinajstić information content (AvgIpc) is 2.29. The zero-order chi connectivity index (χ0) is 12.3. The van der Waals surface area contributed by atoms with Gasteiger partial charge in [-0.3, -0.25) is 0 Å². The first-order chi connectivity index (χ1) is 8.15. The zero-order valence-electron chi connectivity index (χ0n) is 10.3. The molecule has 0 saturated heterocycles. The molecule has 0 heterocycles. The van der Waals surface area contributed by atoms with E-state index in [9.17, 15) is 0 Å². The molecule has 2 aromatic rings. The molecule has 88 valence electrons. The normalized spacial score (nSPS) is 10.8. The summed E-state index contributed by atoms with van der Waals surface area (Å²) in [5, 5.41) is 0. The highest BCUT2D eigenvalue weighted by atomic mass is 79.9. The second kappa shape index (κ2) is 5.50. The molecule has 0 aliphatic rings. The molecule has 2 rings (SSSR count). The fraction of sp³-hybridized carbons (Fsp3) is 0.250. The molecule has 0 nitrogen and oxygen atoms in total. The van der Waals surface area contributed by atoms with E-state index < -0.39 is 0 Å². The molecule has 17 heavy (non-hydrogen) atoms. The molecule has 0 spiro atoms. The maximum absolute atomic E-state index is 3.51. The SMILES string of the molecule is CC(C)c1ccc(Cc2cccc(Br)c2)cc1. The maximum atomic E-state index is 3.51. The number of hydrogen-bond acceptors (Lipinski definition) is 0. The molecule has 0 unspecified atom stereocenters. The van der Waals surface area contributed by atoms with Crippen molar-refractivity contribution >= 4 is 15.9 Å². The van der Waals surface area contributed by atoms with E-state index in [0.717, 1.165) is 10.9 Å². The van der Waals surface area contributed by atoms with Crippen LogP contribution in [0.3, 0.4) is 0 Å². The Morgan fingerprint density at radius 2 is 1.65 bits per heavy atom. The summed E-state index contributed by atoms with van der Waals surface area (Å²) in [5.74, 6) is 0.606. The van der Waals surface area contributed by atoms with Crippen molar-refractivity contribution in [3.8, 4) is 0 Å². The molecule has 0 atom stereocenters. The molecule has 0 fully saturated rings. The first-order valence-electron chi connectivity index (χ1n) is 5.98. The van der Waals surface area contributed by atoms with Crippen LogP contribution in [0.5, 0.6) is 0 Å². The van der Waals surface area contributed by atoms with Crippen LogP contribution in [0.15, 0.2) is 53.0 Å². The highest BCUT2D eigenvalue weighted by molar-refractivity contribution is 9.10. The summed E-state index contributed by atoms with van der Waals surface area (Å²) in [4.78, 5) is 0. The van der Waals surface area contributed by atoms with Crippen LogP contribution in [0, 0.1) is 0 Å². The van der Waals surface area contributed by atoms with E-state index in [-0.39, 0.29) is 0 Å². The second-order valence-electron chi connectivity index (χ2n) is 4.70. The molecule has 0 N–H and O–H groups in total. The molecule has 0 aliphatic carbocycles. The van der Waals surface area contributed by atoms with Crippen molar-refractivity contribution in [1.82, 2.24) is 0 Å². The summed E-state index contributed by atoms with van der Waals surface area (Å²) in [7, 11) is 0. The molecule has 0 aromatic heterocycles. The fourth-order valence-corrected chi connectivity index (χ4v) is 2.35. The molecule has 2 aromatic carbocycles. The predicted octanol–water partition coefficient (Wildman–Crippen LogP) is 5.16. The Hall–Kier alpha value is -1.08. The van der Waals surface area contributed by atoms with Gasteiger partial charge >= 0.3 is 0 Å². The Kier molecular flexibility index (Phi) is 4.01. The minimum absolute atomic E-state index is 0.606. The van der Waals surface area contributed by atoms with Crippen molar-refractivity contribution < 1.29 is 0 Å². The monoisotopic (exact) mass is 288 g/mol. The fourth-order valence-electron chi connectivity index (χ4n) is 1.90. The molecule has 0 saturated carbocycles. The molecule has 0 radical (unpaired) electrons. The van der Waals surface area contributed by atoms with Crippen LogP contribution >= 0.6 is 15.9 Å². The number of halogens is 1. The smallest absolute Gasteiger partial charge is 0.0178 e. The van der Waals surface area contributed by atoms with Gasteiger partial charge in [-0.1, -0.05) is 66.2 Å². The summed E-state index contributed by atoms with van der Waals surface area (Å²) < 4.78 is 1.15. The highest BCUT2D eigenvalue weighted by Crippen LogP contribution is 2.18. The summed E-state index contributed by atoms with van der Waals surface area (Å²) in [5.41, 5.74) is 4.12. The van der Waals surface area contributed by atoms with Gasteiger partial charge in [0.1, 0.15) is 0 Å². The number of rotatable bonds is 3. The Morgan fingerprint density at radius 3 is 2.24 bits per heavy atom. The van der Waals surface area contributed by atoms with Crippen LogP contribution in [0.1, 0.15) is 36.5 Å². The molecular weight excluding hydrogens is 272 g/mol. The molecule has 0 amide bonds. The molecular formula is C16H17Br. The van der Waals surface area contributed by atoms with Crippen molar-refractivity contribution in [3.63, 3.8) is 0 Å². The summed E-state index contributed by atoms with van der Waals surface area (Å²) >= 11 is 3.51. The molecule has 1 heteroatoms. The van der Waals surface area contributed by atoms with Gasteiger partial charge in [-0.2, -0.15) is 0 Å². The van der Waals surface area contributed by atoms with E-state index in [1.807, 2.05) is 0 Å².